The molecule has 0 amide bonds. The number of rotatable bonds is 9. The van der Waals surface area contributed by atoms with Gasteiger partial charge >= 0.3 is 0 Å². The maximum Gasteiger partial charge on any atom is 0.119 e. The summed E-state index contributed by atoms with van der Waals surface area (Å²) in [6.45, 7) is 11.1. The summed E-state index contributed by atoms with van der Waals surface area (Å²) in [7, 11) is 2.10. The van der Waals surface area contributed by atoms with E-state index in [1.54, 1.807) is 0 Å². The van der Waals surface area contributed by atoms with Gasteiger partial charge in [-0.3, -0.25) is 0 Å². The standard InChI is InChI=1S/C17H30N2O2/c1-13(2)19(5)7-6-18-11-16(20)12-21-17-9-14(3)8-15(4)10-17/h8-10,13,16,18,20H,6-7,11-12H2,1-5H3. The van der Waals surface area contributed by atoms with E-state index in [-0.39, 0.29) is 0 Å². The Morgan fingerprint density at radius 2 is 1.81 bits per heavy atom. The molecule has 2 N–H and O–H groups in total. The lowest BCUT2D eigenvalue weighted by atomic mass is 10.1. The third-order valence-corrected chi connectivity index (χ3v) is 3.54. The Kier molecular flexibility index (Phi) is 7.72. The zero-order valence-corrected chi connectivity index (χ0v) is 14.0. The molecule has 1 aromatic rings. The Balaban J connectivity index is 2.20. The fourth-order valence-electron chi connectivity index (χ4n) is 2.05. The molecule has 0 saturated heterocycles. The van der Waals surface area contributed by atoms with Crippen LogP contribution in [0.15, 0.2) is 18.2 Å². The Hall–Kier alpha value is -1.10. The van der Waals surface area contributed by atoms with Gasteiger partial charge in [0.2, 0.25) is 0 Å². The average Bonchev–Trinajstić information content (AvgIpc) is 2.40. The summed E-state index contributed by atoms with van der Waals surface area (Å²) in [5.41, 5.74) is 2.35. The normalized spacial score (nSPS) is 13.0. The van der Waals surface area contributed by atoms with E-state index >= 15 is 0 Å². The van der Waals surface area contributed by atoms with Crippen LogP contribution in [0.5, 0.6) is 5.75 Å². The third kappa shape index (κ3) is 7.46. The molecule has 4 heteroatoms. The van der Waals surface area contributed by atoms with Crippen LogP contribution in [0.2, 0.25) is 0 Å². The van der Waals surface area contributed by atoms with E-state index in [1.165, 1.54) is 11.1 Å². The highest BCUT2D eigenvalue weighted by Gasteiger charge is 2.07. The van der Waals surface area contributed by atoms with Gasteiger partial charge in [0.05, 0.1) is 0 Å². The summed E-state index contributed by atoms with van der Waals surface area (Å²) in [5, 5.41) is 13.2. The molecule has 0 saturated carbocycles. The smallest absolute Gasteiger partial charge is 0.119 e. The van der Waals surface area contributed by atoms with Crippen molar-refractivity contribution in [2.75, 3.05) is 33.3 Å². The molecule has 1 aromatic carbocycles. The Bertz CT molecular complexity index is 401. The topological polar surface area (TPSA) is 44.7 Å². The number of aryl methyl sites for hydroxylation is 2. The molecule has 4 nitrogen and oxygen atoms in total. The maximum absolute atomic E-state index is 9.92. The van der Waals surface area contributed by atoms with Gasteiger partial charge in [-0.1, -0.05) is 6.07 Å². The number of nitrogens with zero attached hydrogens (tertiary/aromatic N) is 1. The number of ether oxygens (including phenoxy) is 1. The van der Waals surface area contributed by atoms with Crippen molar-refractivity contribution in [3.63, 3.8) is 0 Å². The molecular weight excluding hydrogens is 264 g/mol. The van der Waals surface area contributed by atoms with Crippen LogP contribution in [0, 0.1) is 13.8 Å². The van der Waals surface area contributed by atoms with Crippen LogP contribution >= 0.6 is 0 Å². The van der Waals surface area contributed by atoms with E-state index in [0.29, 0.717) is 19.2 Å². The first kappa shape index (κ1) is 18.0. The summed E-state index contributed by atoms with van der Waals surface area (Å²) in [4.78, 5) is 2.27. The van der Waals surface area contributed by atoms with Gasteiger partial charge in [0.25, 0.3) is 0 Å². The molecule has 0 aromatic heterocycles. The molecule has 1 unspecified atom stereocenters. The number of hydrogen-bond acceptors (Lipinski definition) is 4. The van der Waals surface area contributed by atoms with Crippen molar-refractivity contribution in [2.45, 2.75) is 39.8 Å². The van der Waals surface area contributed by atoms with Crippen LogP contribution in [-0.2, 0) is 0 Å². The molecular formula is C17H30N2O2. The monoisotopic (exact) mass is 294 g/mol. The fourth-order valence-corrected chi connectivity index (χ4v) is 2.05. The molecule has 120 valence electrons. The molecule has 0 spiro atoms. The summed E-state index contributed by atoms with van der Waals surface area (Å²) in [6, 6.07) is 6.63. The SMILES string of the molecule is Cc1cc(C)cc(OCC(O)CNCCN(C)C(C)C)c1. The first-order valence-corrected chi connectivity index (χ1v) is 7.68. The van der Waals surface area contributed by atoms with Gasteiger partial charge in [-0.05, 0) is 58.0 Å². The van der Waals surface area contributed by atoms with Crippen LogP contribution in [-0.4, -0.2) is 55.4 Å². The molecule has 1 atom stereocenters. The molecule has 21 heavy (non-hydrogen) atoms. The van der Waals surface area contributed by atoms with E-state index in [4.69, 9.17) is 4.74 Å². The van der Waals surface area contributed by atoms with Crippen LogP contribution in [0.1, 0.15) is 25.0 Å². The maximum atomic E-state index is 9.92. The van der Waals surface area contributed by atoms with Gasteiger partial charge in [-0.25, -0.2) is 0 Å². The van der Waals surface area contributed by atoms with Crippen molar-refractivity contribution in [1.82, 2.24) is 10.2 Å². The minimum atomic E-state index is -0.491. The predicted molar refractivity (Wildman–Crippen MR) is 88.1 cm³/mol. The van der Waals surface area contributed by atoms with Crippen LogP contribution in [0.4, 0.5) is 0 Å². The molecule has 0 radical (unpaired) electrons. The predicted octanol–water partition coefficient (Wildman–Crippen LogP) is 1.97. The van der Waals surface area contributed by atoms with E-state index in [1.807, 2.05) is 26.0 Å². The minimum absolute atomic E-state index is 0.315. The zero-order valence-electron chi connectivity index (χ0n) is 14.0. The van der Waals surface area contributed by atoms with Crippen LogP contribution in [0.25, 0.3) is 0 Å². The van der Waals surface area contributed by atoms with Crippen molar-refractivity contribution in [2.24, 2.45) is 0 Å². The first-order valence-electron chi connectivity index (χ1n) is 7.68. The highest BCUT2D eigenvalue weighted by Crippen LogP contribution is 2.16. The second-order valence-corrected chi connectivity index (χ2v) is 6.07. The second-order valence-electron chi connectivity index (χ2n) is 6.07. The van der Waals surface area contributed by atoms with Gasteiger partial charge < -0.3 is 20.1 Å². The van der Waals surface area contributed by atoms with E-state index in [0.717, 1.165) is 18.8 Å². The van der Waals surface area contributed by atoms with Crippen molar-refractivity contribution in [3.05, 3.63) is 29.3 Å². The molecule has 1 rings (SSSR count). The number of hydrogen-bond donors (Lipinski definition) is 2. The molecule has 0 aliphatic rings. The lowest BCUT2D eigenvalue weighted by Crippen LogP contribution is -2.38. The van der Waals surface area contributed by atoms with Crippen molar-refractivity contribution >= 4 is 0 Å². The quantitative estimate of drug-likeness (QED) is 0.684. The van der Waals surface area contributed by atoms with Gasteiger partial charge in [-0.2, -0.15) is 0 Å². The van der Waals surface area contributed by atoms with Crippen molar-refractivity contribution in [3.8, 4) is 5.75 Å². The number of likely N-dealkylation sites (N-methyl/N-ethyl adjacent to an activating group) is 1. The fraction of sp³-hybridized carbons (Fsp3) is 0.647. The van der Waals surface area contributed by atoms with Gasteiger partial charge in [0.15, 0.2) is 0 Å². The lowest BCUT2D eigenvalue weighted by molar-refractivity contribution is 0.105. The highest BCUT2D eigenvalue weighted by molar-refractivity contribution is 5.32. The molecule has 0 bridgehead atoms. The average molecular weight is 294 g/mol. The summed E-state index contributed by atoms with van der Waals surface area (Å²) in [6.07, 6.45) is -0.491. The zero-order chi connectivity index (χ0) is 15.8. The molecule has 0 aliphatic heterocycles. The van der Waals surface area contributed by atoms with Crippen LogP contribution < -0.4 is 10.1 Å². The van der Waals surface area contributed by atoms with Gasteiger partial charge in [-0.15, -0.1) is 0 Å². The number of nitrogens with one attached hydrogen (secondary N) is 1. The van der Waals surface area contributed by atoms with Crippen molar-refractivity contribution in [1.29, 1.82) is 0 Å². The van der Waals surface area contributed by atoms with Gasteiger partial charge in [0, 0.05) is 25.7 Å². The summed E-state index contributed by atoms with van der Waals surface area (Å²) >= 11 is 0. The van der Waals surface area contributed by atoms with E-state index in [9.17, 15) is 5.11 Å². The summed E-state index contributed by atoms with van der Waals surface area (Å²) in [5.74, 6) is 0.825. The third-order valence-electron chi connectivity index (χ3n) is 3.54. The highest BCUT2D eigenvalue weighted by atomic mass is 16.5. The number of aliphatic hydroxyl groups excluding tert-OH is 1. The summed E-state index contributed by atoms with van der Waals surface area (Å²) < 4.78 is 5.65. The van der Waals surface area contributed by atoms with E-state index in [2.05, 4.69) is 37.2 Å². The Morgan fingerprint density at radius 3 is 2.38 bits per heavy atom. The second kappa shape index (κ2) is 9.03. The Morgan fingerprint density at radius 1 is 1.19 bits per heavy atom. The number of benzene rings is 1. The van der Waals surface area contributed by atoms with Gasteiger partial charge in [0.1, 0.15) is 18.5 Å². The number of aliphatic hydroxyl groups is 1. The van der Waals surface area contributed by atoms with E-state index < -0.39 is 6.10 Å². The molecule has 0 heterocycles. The largest absolute Gasteiger partial charge is 0.491 e. The first-order chi connectivity index (χ1) is 9.88. The Labute approximate surface area is 129 Å². The van der Waals surface area contributed by atoms with Crippen molar-refractivity contribution < 1.29 is 9.84 Å². The lowest BCUT2D eigenvalue weighted by Gasteiger charge is -2.21. The molecule has 0 fully saturated rings. The molecule has 0 aliphatic carbocycles. The van der Waals surface area contributed by atoms with Crippen LogP contribution in [0.3, 0.4) is 0 Å². The minimum Gasteiger partial charge on any atom is -0.491 e.